The topological polar surface area (TPSA) is 62.8 Å². The number of rotatable bonds is 11. The van der Waals surface area contributed by atoms with Gasteiger partial charge in [-0.05, 0) is 12.1 Å². The van der Waals surface area contributed by atoms with Crippen molar-refractivity contribution in [2.45, 2.75) is 13.2 Å². The van der Waals surface area contributed by atoms with Crippen LogP contribution in [-0.2, 0) is 13.2 Å². The van der Waals surface area contributed by atoms with Crippen LogP contribution in [0.1, 0.15) is 11.1 Å². The molecule has 2 aromatic rings. The van der Waals surface area contributed by atoms with E-state index in [1.165, 1.54) is 0 Å². The zero-order chi connectivity index (χ0) is 17.9. The van der Waals surface area contributed by atoms with Gasteiger partial charge in [0.15, 0.2) is 11.5 Å². The third kappa shape index (κ3) is 6.21. The highest BCUT2D eigenvalue weighted by Gasteiger charge is 2.11. The second kappa shape index (κ2) is 10.9. The van der Waals surface area contributed by atoms with E-state index in [9.17, 15) is 0 Å². The molecule has 0 fully saturated rings. The molecule has 136 valence electrons. The zero-order valence-electron chi connectivity index (χ0n) is 14.4. The maximum Gasteiger partial charge on any atom is 0.166 e. The van der Waals surface area contributed by atoms with Gasteiger partial charge < -0.3 is 25.2 Å². The first kappa shape index (κ1) is 19.5. The molecule has 6 heteroatoms. The molecule has 0 aliphatic heterocycles. The number of para-hydroxylation sites is 1. The van der Waals surface area contributed by atoms with Gasteiger partial charge in [0.05, 0.1) is 13.7 Å². The SMILES string of the molecule is COc1cccc(CNCCNCCO)c1OCc1ccccc1Cl. The van der Waals surface area contributed by atoms with Gasteiger partial charge in [-0.3, -0.25) is 0 Å². The van der Waals surface area contributed by atoms with Crippen LogP contribution in [-0.4, -0.2) is 38.5 Å². The zero-order valence-corrected chi connectivity index (χ0v) is 15.2. The predicted octanol–water partition coefficient (Wildman–Crippen LogP) is 2.60. The fourth-order valence-electron chi connectivity index (χ4n) is 2.39. The molecule has 25 heavy (non-hydrogen) atoms. The lowest BCUT2D eigenvalue weighted by Crippen LogP contribution is -2.28. The fourth-order valence-corrected chi connectivity index (χ4v) is 2.58. The van der Waals surface area contributed by atoms with Gasteiger partial charge in [0.1, 0.15) is 6.61 Å². The summed E-state index contributed by atoms with van der Waals surface area (Å²) < 4.78 is 11.5. The van der Waals surface area contributed by atoms with Crippen molar-refractivity contribution in [3.63, 3.8) is 0 Å². The lowest BCUT2D eigenvalue weighted by atomic mass is 10.1. The van der Waals surface area contributed by atoms with E-state index >= 15 is 0 Å². The van der Waals surface area contributed by atoms with E-state index in [-0.39, 0.29) is 6.61 Å². The van der Waals surface area contributed by atoms with Gasteiger partial charge in [0.25, 0.3) is 0 Å². The number of nitrogens with one attached hydrogen (secondary N) is 2. The number of hydrogen-bond acceptors (Lipinski definition) is 5. The van der Waals surface area contributed by atoms with Gasteiger partial charge >= 0.3 is 0 Å². The van der Waals surface area contributed by atoms with Crippen LogP contribution in [0.2, 0.25) is 5.02 Å². The highest BCUT2D eigenvalue weighted by atomic mass is 35.5. The van der Waals surface area contributed by atoms with Crippen molar-refractivity contribution in [1.82, 2.24) is 10.6 Å². The number of halogens is 1. The van der Waals surface area contributed by atoms with Gasteiger partial charge in [-0.25, -0.2) is 0 Å². The molecule has 0 atom stereocenters. The Balaban J connectivity index is 1.98. The standard InChI is InChI=1S/C19H25ClN2O3/c1-24-18-8-4-6-15(13-22-10-9-21-11-12-23)19(18)25-14-16-5-2-3-7-17(16)20/h2-8,21-23H,9-14H2,1H3. The van der Waals surface area contributed by atoms with Crippen molar-refractivity contribution >= 4 is 11.6 Å². The van der Waals surface area contributed by atoms with Gasteiger partial charge in [0, 0.05) is 42.3 Å². The van der Waals surface area contributed by atoms with Crippen molar-refractivity contribution in [3.8, 4) is 11.5 Å². The summed E-state index contributed by atoms with van der Waals surface area (Å²) in [6.07, 6.45) is 0. The Labute approximate surface area is 153 Å². The van der Waals surface area contributed by atoms with Crippen molar-refractivity contribution in [2.75, 3.05) is 33.4 Å². The van der Waals surface area contributed by atoms with Crippen LogP contribution in [0.3, 0.4) is 0 Å². The molecule has 0 aromatic heterocycles. The maximum absolute atomic E-state index is 8.74. The molecule has 0 saturated carbocycles. The minimum atomic E-state index is 0.149. The first-order valence-corrected chi connectivity index (χ1v) is 8.68. The molecule has 5 nitrogen and oxygen atoms in total. The number of aliphatic hydroxyl groups excluding tert-OH is 1. The van der Waals surface area contributed by atoms with Crippen LogP contribution in [0, 0.1) is 0 Å². The van der Waals surface area contributed by atoms with E-state index < -0.39 is 0 Å². The first-order chi connectivity index (χ1) is 12.3. The molecular formula is C19H25ClN2O3. The molecule has 0 saturated heterocycles. The van der Waals surface area contributed by atoms with E-state index in [1.807, 2.05) is 42.5 Å². The van der Waals surface area contributed by atoms with Crippen LogP contribution >= 0.6 is 11.6 Å². The van der Waals surface area contributed by atoms with E-state index in [2.05, 4.69) is 10.6 Å². The Morgan fingerprint density at radius 2 is 1.72 bits per heavy atom. The normalized spacial score (nSPS) is 10.7. The lowest BCUT2D eigenvalue weighted by Gasteiger charge is -2.16. The van der Waals surface area contributed by atoms with Gasteiger partial charge in [-0.2, -0.15) is 0 Å². The molecule has 0 amide bonds. The fraction of sp³-hybridized carbons (Fsp3) is 0.368. The van der Waals surface area contributed by atoms with Crippen LogP contribution in [0.15, 0.2) is 42.5 Å². The molecular weight excluding hydrogens is 340 g/mol. The molecule has 0 bridgehead atoms. The molecule has 0 aliphatic rings. The second-order valence-corrected chi connectivity index (χ2v) is 5.89. The molecule has 3 N–H and O–H groups in total. The van der Waals surface area contributed by atoms with Crippen molar-refractivity contribution in [1.29, 1.82) is 0 Å². The number of methoxy groups -OCH3 is 1. The first-order valence-electron chi connectivity index (χ1n) is 8.30. The summed E-state index contributed by atoms with van der Waals surface area (Å²) in [7, 11) is 1.63. The Morgan fingerprint density at radius 3 is 2.48 bits per heavy atom. The largest absolute Gasteiger partial charge is 0.493 e. The summed E-state index contributed by atoms with van der Waals surface area (Å²) in [5.41, 5.74) is 1.95. The summed E-state index contributed by atoms with van der Waals surface area (Å²) in [4.78, 5) is 0. The Kier molecular flexibility index (Phi) is 8.55. The molecule has 2 rings (SSSR count). The van der Waals surface area contributed by atoms with E-state index in [0.29, 0.717) is 30.5 Å². The minimum absolute atomic E-state index is 0.149. The highest BCUT2D eigenvalue weighted by molar-refractivity contribution is 6.31. The summed E-state index contributed by atoms with van der Waals surface area (Å²) in [5, 5.41) is 15.9. The summed E-state index contributed by atoms with van der Waals surface area (Å²) in [6, 6.07) is 13.5. The molecule has 0 heterocycles. The van der Waals surface area contributed by atoms with Crippen LogP contribution in [0.5, 0.6) is 11.5 Å². The van der Waals surface area contributed by atoms with Crippen molar-refractivity contribution < 1.29 is 14.6 Å². The van der Waals surface area contributed by atoms with E-state index in [0.717, 1.165) is 30.0 Å². The molecule has 0 radical (unpaired) electrons. The number of ether oxygens (including phenoxy) is 2. The number of aliphatic hydroxyl groups is 1. The molecule has 0 unspecified atom stereocenters. The Morgan fingerprint density at radius 1 is 0.960 bits per heavy atom. The lowest BCUT2D eigenvalue weighted by molar-refractivity contribution is 0.280. The smallest absolute Gasteiger partial charge is 0.166 e. The van der Waals surface area contributed by atoms with Crippen molar-refractivity contribution in [2.24, 2.45) is 0 Å². The highest BCUT2D eigenvalue weighted by Crippen LogP contribution is 2.32. The predicted molar refractivity (Wildman–Crippen MR) is 100 cm³/mol. The van der Waals surface area contributed by atoms with Crippen LogP contribution < -0.4 is 20.1 Å². The number of benzene rings is 2. The van der Waals surface area contributed by atoms with Gasteiger partial charge in [-0.15, -0.1) is 0 Å². The Hall–Kier alpha value is -1.79. The maximum atomic E-state index is 8.74. The average Bonchev–Trinajstić information content (AvgIpc) is 2.64. The van der Waals surface area contributed by atoms with E-state index in [1.54, 1.807) is 7.11 Å². The summed E-state index contributed by atoms with van der Waals surface area (Å²) in [6.45, 7) is 3.38. The summed E-state index contributed by atoms with van der Waals surface area (Å²) >= 11 is 6.20. The van der Waals surface area contributed by atoms with Gasteiger partial charge in [0.2, 0.25) is 0 Å². The second-order valence-electron chi connectivity index (χ2n) is 5.48. The van der Waals surface area contributed by atoms with Crippen molar-refractivity contribution in [3.05, 3.63) is 58.6 Å². The average molecular weight is 365 g/mol. The quantitative estimate of drug-likeness (QED) is 0.535. The molecule has 0 spiro atoms. The summed E-state index contributed by atoms with van der Waals surface area (Å²) in [5.74, 6) is 1.42. The Bertz CT molecular complexity index is 652. The minimum Gasteiger partial charge on any atom is -0.493 e. The monoisotopic (exact) mass is 364 g/mol. The van der Waals surface area contributed by atoms with Crippen LogP contribution in [0.4, 0.5) is 0 Å². The van der Waals surface area contributed by atoms with E-state index in [4.69, 9.17) is 26.2 Å². The third-order valence-electron chi connectivity index (χ3n) is 3.69. The molecule has 2 aromatic carbocycles. The number of hydrogen-bond donors (Lipinski definition) is 3. The third-order valence-corrected chi connectivity index (χ3v) is 4.06. The molecule has 0 aliphatic carbocycles. The van der Waals surface area contributed by atoms with Gasteiger partial charge in [-0.1, -0.05) is 41.9 Å². The van der Waals surface area contributed by atoms with Crippen LogP contribution in [0.25, 0.3) is 0 Å².